The number of carbonyl (C=O) groups excluding carboxylic acids is 1. The summed E-state index contributed by atoms with van der Waals surface area (Å²) in [5, 5.41) is 0. The highest BCUT2D eigenvalue weighted by Crippen LogP contribution is 2.26. The van der Waals surface area contributed by atoms with Gasteiger partial charge in [0.25, 0.3) is 5.91 Å². The summed E-state index contributed by atoms with van der Waals surface area (Å²) in [5.41, 5.74) is 1.35. The summed E-state index contributed by atoms with van der Waals surface area (Å²) in [6.07, 6.45) is 3.94. The van der Waals surface area contributed by atoms with Crippen LogP contribution >= 0.6 is 0 Å². The molecule has 144 valence electrons. The van der Waals surface area contributed by atoms with Gasteiger partial charge in [-0.25, -0.2) is 8.42 Å². The molecule has 0 aromatic heterocycles. The maximum atomic E-state index is 13.0. The Morgan fingerprint density at radius 1 is 1.04 bits per heavy atom. The Labute approximate surface area is 157 Å². The van der Waals surface area contributed by atoms with Crippen LogP contribution in [0, 0.1) is 18.8 Å². The number of hydrogen-bond donors (Lipinski definition) is 0. The van der Waals surface area contributed by atoms with E-state index >= 15 is 0 Å². The van der Waals surface area contributed by atoms with Gasteiger partial charge in [0.2, 0.25) is 10.0 Å². The lowest BCUT2D eigenvalue weighted by Gasteiger charge is -2.32. The average molecular weight is 379 g/mol. The van der Waals surface area contributed by atoms with E-state index in [0.717, 1.165) is 44.3 Å². The summed E-state index contributed by atoms with van der Waals surface area (Å²) in [5.74, 6) is 1.02. The van der Waals surface area contributed by atoms with E-state index in [2.05, 4.69) is 13.8 Å². The fourth-order valence-corrected chi connectivity index (χ4v) is 5.41. The maximum Gasteiger partial charge on any atom is 0.254 e. The highest BCUT2D eigenvalue weighted by molar-refractivity contribution is 7.89. The molecule has 2 saturated heterocycles. The monoisotopic (exact) mass is 378 g/mol. The lowest BCUT2D eigenvalue weighted by Crippen LogP contribution is -2.40. The topological polar surface area (TPSA) is 57.7 Å². The third-order valence-corrected chi connectivity index (χ3v) is 7.66. The number of carbonyl (C=O) groups is 1. The molecular weight excluding hydrogens is 348 g/mol. The summed E-state index contributed by atoms with van der Waals surface area (Å²) in [6, 6.07) is 4.99. The van der Waals surface area contributed by atoms with Crippen molar-refractivity contribution in [3.05, 3.63) is 29.3 Å². The Balaban J connectivity index is 1.86. The van der Waals surface area contributed by atoms with Crippen LogP contribution in [0.5, 0.6) is 0 Å². The Hall–Kier alpha value is -1.40. The number of rotatable bonds is 3. The molecule has 0 aliphatic carbocycles. The molecule has 2 aliphatic rings. The highest BCUT2D eigenvalue weighted by Gasteiger charge is 2.30. The van der Waals surface area contributed by atoms with Gasteiger partial charge in [0.05, 0.1) is 4.90 Å². The van der Waals surface area contributed by atoms with Crippen molar-refractivity contribution in [1.29, 1.82) is 0 Å². The number of likely N-dealkylation sites (tertiary alicyclic amines) is 1. The Bertz CT molecular complexity index is 767. The number of nitrogens with zero attached hydrogens (tertiary/aromatic N) is 2. The molecule has 3 rings (SSSR count). The van der Waals surface area contributed by atoms with Crippen molar-refractivity contribution in [3.8, 4) is 0 Å². The minimum atomic E-state index is -3.54. The zero-order chi connectivity index (χ0) is 18.9. The van der Waals surface area contributed by atoms with E-state index in [0.29, 0.717) is 30.5 Å². The van der Waals surface area contributed by atoms with Gasteiger partial charge < -0.3 is 4.90 Å². The lowest BCUT2D eigenvalue weighted by molar-refractivity contribution is 0.0682. The Morgan fingerprint density at radius 3 is 2.38 bits per heavy atom. The van der Waals surface area contributed by atoms with Crippen molar-refractivity contribution in [1.82, 2.24) is 9.21 Å². The van der Waals surface area contributed by atoms with Crippen molar-refractivity contribution in [2.75, 3.05) is 26.2 Å². The van der Waals surface area contributed by atoms with Gasteiger partial charge in [-0.1, -0.05) is 19.9 Å². The van der Waals surface area contributed by atoms with Crippen LogP contribution in [-0.2, 0) is 10.0 Å². The van der Waals surface area contributed by atoms with Crippen LogP contribution in [0.15, 0.2) is 23.1 Å². The molecule has 1 aromatic carbocycles. The number of benzene rings is 1. The minimum Gasteiger partial charge on any atom is -0.338 e. The number of sulfonamides is 1. The highest BCUT2D eigenvalue weighted by atomic mass is 32.2. The van der Waals surface area contributed by atoms with Crippen LogP contribution in [0.25, 0.3) is 0 Å². The summed E-state index contributed by atoms with van der Waals surface area (Å²) < 4.78 is 27.6. The van der Waals surface area contributed by atoms with Crippen LogP contribution in [0.1, 0.15) is 55.5 Å². The molecule has 26 heavy (non-hydrogen) atoms. The first kappa shape index (κ1) is 19.4. The van der Waals surface area contributed by atoms with Crippen LogP contribution in [0.3, 0.4) is 0 Å². The van der Waals surface area contributed by atoms with E-state index in [1.54, 1.807) is 22.5 Å². The van der Waals surface area contributed by atoms with Gasteiger partial charge in [-0.3, -0.25) is 4.79 Å². The van der Waals surface area contributed by atoms with E-state index in [1.165, 1.54) is 0 Å². The normalized spacial score (nSPS) is 23.2. The second kappa shape index (κ2) is 7.69. The van der Waals surface area contributed by atoms with E-state index in [-0.39, 0.29) is 10.8 Å². The van der Waals surface area contributed by atoms with Gasteiger partial charge in [0, 0.05) is 31.7 Å². The maximum absolute atomic E-state index is 13.0. The zero-order valence-corrected chi connectivity index (χ0v) is 16.9. The number of aryl methyl sites for hydroxylation is 1. The lowest BCUT2D eigenvalue weighted by atomic mass is 9.99. The molecule has 0 bridgehead atoms. The molecule has 1 amide bonds. The molecule has 2 heterocycles. The summed E-state index contributed by atoms with van der Waals surface area (Å²) in [6.45, 7) is 8.81. The van der Waals surface area contributed by atoms with Crippen LogP contribution < -0.4 is 0 Å². The quantitative estimate of drug-likeness (QED) is 0.811. The minimum absolute atomic E-state index is 0.0432. The van der Waals surface area contributed by atoms with Crippen molar-refractivity contribution in [2.24, 2.45) is 11.8 Å². The molecular formula is C20H30N2O3S. The van der Waals surface area contributed by atoms with Crippen LogP contribution in [0.4, 0.5) is 0 Å². The third-order valence-electron chi connectivity index (χ3n) is 5.76. The van der Waals surface area contributed by atoms with Crippen molar-refractivity contribution in [2.45, 2.75) is 51.3 Å². The Kier molecular flexibility index (Phi) is 5.72. The van der Waals surface area contributed by atoms with Gasteiger partial charge in [-0.05, 0) is 62.1 Å². The van der Waals surface area contributed by atoms with Gasteiger partial charge in [-0.2, -0.15) is 4.31 Å². The summed E-state index contributed by atoms with van der Waals surface area (Å²) in [7, 11) is -3.54. The van der Waals surface area contributed by atoms with Crippen molar-refractivity contribution in [3.63, 3.8) is 0 Å². The first-order valence-corrected chi connectivity index (χ1v) is 11.1. The smallest absolute Gasteiger partial charge is 0.254 e. The molecule has 6 heteroatoms. The van der Waals surface area contributed by atoms with E-state index in [1.807, 2.05) is 11.8 Å². The fraction of sp³-hybridized carbons (Fsp3) is 0.650. The molecule has 0 spiro atoms. The van der Waals surface area contributed by atoms with Gasteiger partial charge >= 0.3 is 0 Å². The standard InChI is InChI=1S/C20H30N2O3S/c1-15-8-11-22(12-9-15)26(24,25)18-7-6-17(3)19(13-18)20(23)21-10-4-5-16(2)14-21/h6-7,13,15-16H,4-5,8-12,14H2,1-3H3/t16-/m1/s1. The van der Waals surface area contributed by atoms with Gasteiger partial charge in [-0.15, -0.1) is 0 Å². The van der Waals surface area contributed by atoms with Gasteiger partial charge in [0.1, 0.15) is 0 Å². The zero-order valence-electron chi connectivity index (χ0n) is 16.1. The predicted octanol–water partition coefficient (Wildman–Crippen LogP) is 3.29. The fourth-order valence-electron chi connectivity index (χ4n) is 3.91. The molecule has 2 aliphatic heterocycles. The number of piperidine rings is 2. The van der Waals surface area contributed by atoms with Crippen molar-refractivity contribution >= 4 is 15.9 Å². The second-order valence-corrected chi connectivity index (χ2v) is 10.00. The second-order valence-electron chi connectivity index (χ2n) is 8.06. The van der Waals surface area contributed by atoms with E-state index in [4.69, 9.17) is 0 Å². The van der Waals surface area contributed by atoms with Crippen molar-refractivity contribution < 1.29 is 13.2 Å². The van der Waals surface area contributed by atoms with E-state index < -0.39 is 10.0 Å². The molecule has 2 fully saturated rings. The van der Waals surface area contributed by atoms with Gasteiger partial charge in [0.15, 0.2) is 0 Å². The number of hydrogen-bond acceptors (Lipinski definition) is 3. The third kappa shape index (κ3) is 3.96. The average Bonchev–Trinajstić information content (AvgIpc) is 2.62. The molecule has 0 N–H and O–H groups in total. The molecule has 0 unspecified atom stereocenters. The molecule has 0 radical (unpaired) electrons. The molecule has 5 nitrogen and oxygen atoms in total. The molecule has 1 atom stereocenters. The predicted molar refractivity (Wildman–Crippen MR) is 103 cm³/mol. The molecule has 0 saturated carbocycles. The molecule has 1 aromatic rings. The summed E-state index contributed by atoms with van der Waals surface area (Å²) in [4.78, 5) is 15.1. The largest absolute Gasteiger partial charge is 0.338 e. The first-order chi connectivity index (χ1) is 12.3. The summed E-state index contributed by atoms with van der Waals surface area (Å²) >= 11 is 0. The van der Waals surface area contributed by atoms with Crippen LogP contribution in [-0.4, -0.2) is 49.7 Å². The van der Waals surface area contributed by atoms with Crippen LogP contribution in [0.2, 0.25) is 0 Å². The Morgan fingerprint density at radius 2 is 1.73 bits per heavy atom. The first-order valence-electron chi connectivity index (χ1n) is 9.69. The van der Waals surface area contributed by atoms with E-state index in [9.17, 15) is 13.2 Å². The number of amides is 1. The SMILES string of the molecule is Cc1ccc(S(=O)(=O)N2CCC(C)CC2)cc1C(=O)N1CCC[C@@H](C)C1.